The molecule has 2 heterocycles. The van der Waals surface area contributed by atoms with Gasteiger partial charge in [-0.1, -0.05) is 24.3 Å². The maximum Gasteiger partial charge on any atom is 0.124 e. The zero-order chi connectivity index (χ0) is 16.5. The van der Waals surface area contributed by atoms with E-state index in [0.717, 1.165) is 37.4 Å². The van der Waals surface area contributed by atoms with Crippen molar-refractivity contribution in [3.05, 3.63) is 78.6 Å². The van der Waals surface area contributed by atoms with Crippen molar-refractivity contribution in [1.82, 2.24) is 19.9 Å². The summed E-state index contributed by atoms with van der Waals surface area (Å²) in [6.07, 6.45) is 10.3. The zero-order valence-corrected chi connectivity index (χ0v) is 13.6. The summed E-state index contributed by atoms with van der Waals surface area (Å²) in [6, 6.07) is 12.1. The second-order valence-corrected chi connectivity index (χ2v) is 5.59. The molecule has 5 heteroatoms. The Morgan fingerprint density at radius 2 is 2.00 bits per heavy atom. The van der Waals surface area contributed by atoms with Crippen molar-refractivity contribution in [1.29, 1.82) is 0 Å². The molecule has 0 aliphatic carbocycles. The van der Waals surface area contributed by atoms with Crippen LogP contribution in [0.2, 0.25) is 0 Å². The lowest BCUT2D eigenvalue weighted by Gasteiger charge is -2.12. The highest BCUT2D eigenvalue weighted by molar-refractivity contribution is 5.33. The van der Waals surface area contributed by atoms with Gasteiger partial charge in [-0.15, -0.1) is 0 Å². The van der Waals surface area contributed by atoms with E-state index in [1.807, 2.05) is 55.2 Å². The van der Waals surface area contributed by atoms with Crippen molar-refractivity contribution in [3.63, 3.8) is 0 Å². The Hall–Kier alpha value is -2.66. The number of nitrogens with one attached hydrogen (secondary N) is 1. The molecule has 3 aromatic rings. The summed E-state index contributed by atoms with van der Waals surface area (Å²) >= 11 is 0. The Morgan fingerprint density at radius 3 is 2.83 bits per heavy atom. The van der Waals surface area contributed by atoms with E-state index in [-0.39, 0.29) is 0 Å². The van der Waals surface area contributed by atoms with Gasteiger partial charge in [0.25, 0.3) is 0 Å². The molecule has 0 aliphatic rings. The summed E-state index contributed by atoms with van der Waals surface area (Å²) < 4.78 is 8.04. The highest BCUT2D eigenvalue weighted by Gasteiger charge is 2.03. The molecule has 0 bridgehead atoms. The van der Waals surface area contributed by atoms with Gasteiger partial charge in [0.2, 0.25) is 0 Å². The van der Waals surface area contributed by atoms with Gasteiger partial charge in [-0.25, -0.2) is 4.98 Å². The van der Waals surface area contributed by atoms with Gasteiger partial charge in [0.1, 0.15) is 12.4 Å². The normalized spacial score (nSPS) is 10.7. The van der Waals surface area contributed by atoms with Crippen LogP contribution in [0.4, 0.5) is 0 Å². The topological polar surface area (TPSA) is 52.0 Å². The minimum absolute atomic E-state index is 0.533. The molecule has 3 rings (SSSR count). The average molecular weight is 322 g/mol. The van der Waals surface area contributed by atoms with Crippen LogP contribution in [-0.4, -0.2) is 21.1 Å². The molecule has 0 spiro atoms. The van der Waals surface area contributed by atoms with Crippen LogP contribution in [0.15, 0.2) is 67.5 Å². The number of aryl methyl sites for hydroxylation is 1. The molecular weight excluding hydrogens is 300 g/mol. The van der Waals surface area contributed by atoms with E-state index in [1.54, 1.807) is 6.20 Å². The van der Waals surface area contributed by atoms with E-state index < -0.39 is 0 Å². The first-order valence-corrected chi connectivity index (χ1v) is 8.18. The fraction of sp³-hybridized carbons (Fsp3) is 0.263. The van der Waals surface area contributed by atoms with Crippen molar-refractivity contribution >= 4 is 0 Å². The first-order valence-electron chi connectivity index (χ1n) is 8.18. The van der Waals surface area contributed by atoms with Gasteiger partial charge in [-0.2, -0.15) is 0 Å². The summed E-state index contributed by atoms with van der Waals surface area (Å²) in [7, 11) is 0. The molecule has 0 fully saturated rings. The number of hydrogen-bond acceptors (Lipinski definition) is 4. The van der Waals surface area contributed by atoms with Gasteiger partial charge < -0.3 is 14.6 Å². The Balaban J connectivity index is 1.45. The zero-order valence-electron chi connectivity index (χ0n) is 13.6. The second kappa shape index (κ2) is 8.84. The van der Waals surface area contributed by atoms with Crippen LogP contribution in [0, 0.1) is 0 Å². The Bertz CT molecular complexity index is 713. The minimum Gasteiger partial charge on any atom is -0.489 e. The highest BCUT2D eigenvalue weighted by Crippen LogP contribution is 2.19. The predicted molar refractivity (Wildman–Crippen MR) is 93.6 cm³/mol. The third kappa shape index (κ3) is 4.93. The van der Waals surface area contributed by atoms with Gasteiger partial charge in [-0.05, 0) is 25.1 Å². The SMILES string of the molecule is c1cncc(COc2ccccc2CNCCCn2ccnc2)c1. The molecule has 0 aliphatic heterocycles. The van der Waals surface area contributed by atoms with Crippen LogP contribution in [0.5, 0.6) is 5.75 Å². The lowest BCUT2D eigenvalue weighted by Crippen LogP contribution is -2.17. The Labute approximate surface area is 142 Å². The maximum atomic E-state index is 5.95. The quantitative estimate of drug-likeness (QED) is 0.615. The molecule has 5 nitrogen and oxygen atoms in total. The largest absolute Gasteiger partial charge is 0.489 e. The molecule has 1 N–H and O–H groups in total. The standard InChI is InChI=1S/C19H22N4O/c1-2-7-19(24-15-17-5-3-8-20-13-17)18(6-1)14-21-9-4-11-23-12-10-22-16-23/h1-3,5-8,10,12-13,16,21H,4,9,11,14-15H2. The lowest BCUT2D eigenvalue weighted by molar-refractivity contribution is 0.301. The van der Waals surface area contributed by atoms with E-state index in [0.29, 0.717) is 6.61 Å². The number of ether oxygens (including phenoxy) is 1. The first kappa shape index (κ1) is 16.2. The number of rotatable bonds is 9. The molecule has 2 aromatic heterocycles. The molecule has 0 unspecified atom stereocenters. The number of aromatic nitrogens is 3. The second-order valence-electron chi connectivity index (χ2n) is 5.59. The fourth-order valence-electron chi connectivity index (χ4n) is 2.46. The number of pyridine rings is 1. The van der Waals surface area contributed by atoms with E-state index in [4.69, 9.17) is 4.74 Å². The average Bonchev–Trinajstić information content (AvgIpc) is 3.15. The number of benzene rings is 1. The highest BCUT2D eigenvalue weighted by atomic mass is 16.5. The smallest absolute Gasteiger partial charge is 0.124 e. The molecular formula is C19H22N4O. The first-order chi connectivity index (χ1) is 11.9. The summed E-state index contributed by atoms with van der Waals surface area (Å²) in [4.78, 5) is 8.16. The van der Waals surface area contributed by atoms with Crippen LogP contribution in [0.25, 0.3) is 0 Å². The molecule has 0 amide bonds. The minimum atomic E-state index is 0.533. The van der Waals surface area contributed by atoms with Gasteiger partial charge in [0, 0.05) is 49.0 Å². The van der Waals surface area contributed by atoms with E-state index >= 15 is 0 Å². The summed E-state index contributed by atoms with van der Waals surface area (Å²) in [5.41, 5.74) is 2.24. The number of imidazole rings is 1. The summed E-state index contributed by atoms with van der Waals surface area (Å²) in [5.74, 6) is 0.920. The van der Waals surface area contributed by atoms with Crippen LogP contribution >= 0.6 is 0 Å². The summed E-state index contributed by atoms with van der Waals surface area (Å²) in [6.45, 7) is 3.26. The molecule has 0 atom stereocenters. The van der Waals surface area contributed by atoms with Crippen LogP contribution < -0.4 is 10.1 Å². The molecule has 124 valence electrons. The predicted octanol–water partition coefficient (Wildman–Crippen LogP) is 3.04. The number of nitrogens with zero attached hydrogens (tertiary/aromatic N) is 3. The van der Waals surface area contributed by atoms with Crippen molar-refractivity contribution in [2.45, 2.75) is 26.1 Å². The fourth-order valence-corrected chi connectivity index (χ4v) is 2.46. The van der Waals surface area contributed by atoms with Gasteiger partial charge in [0.05, 0.1) is 6.33 Å². The van der Waals surface area contributed by atoms with Crippen LogP contribution in [0.3, 0.4) is 0 Å². The summed E-state index contributed by atoms with van der Waals surface area (Å²) in [5, 5.41) is 3.48. The van der Waals surface area contributed by atoms with E-state index in [1.165, 1.54) is 5.56 Å². The van der Waals surface area contributed by atoms with Gasteiger partial charge >= 0.3 is 0 Å². The lowest BCUT2D eigenvalue weighted by atomic mass is 10.2. The molecule has 1 aromatic carbocycles. The van der Waals surface area contributed by atoms with Crippen molar-refractivity contribution in [2.24, 2.45) is 0 Å². The van der Waals surface area contributed by atoms with Crippen molar-refractivity contribution < 1.29 is 4.74 Å². The van der Waals surface area contributed by atoms with E-state index in [2.05, 4.69) is 25.9 Å². The monoisotopic (exact) mass is 322 g/mol. The molecule has 0 saturated heterocycles. The Morgan fingerprint density at radius 1 is 1.04 bits per heavy atom. The molecule has 24 heavy (non-hydrogen) atoms. The maximum absolute atomic E-state index is 5.95. The third-order valence-corrected chi connectivity index (χ3v) is 3.73. The van der Waals surface area contributed by atoms with Gasteiger partial charge in [0.15, 0.2) is 0 Å². The van der Waals surface area contributed by atoms with Crippen LogP contribution in [0.1, 0.15) is 17.5 Å². The number of hydrogen-bond donors (Lipinski definition) is 1. The number of para-hydroxylation sites is 1. The van der Waals surface area contributed by atoms with E-state index in [9.17, 15) is 0 Å². The Kier molecular flexibility index (Phi) is 5.97. The van der Waals surface area contributed by atoms with Gasteiger partial charge in [-0.3, -0.25) is 4.98 Å². The molecule has 0 saturated carbocycles. The third-order valence-electron chi connectivity index (χ3n) is 3.73. The van der Waals surface area contributed by atoms with Crippen molar-refractivity contribution in [2.75, 3.05) is 6.54 Å². The van der Waals surface area contributed by atoms with Crippen LogP contribution in [-0.2, 0) is 19.7 Å². The van der Waals surface area contributed by atoms with Crippen molar-refractivity contribution in [3.8, 4) is 5.75 Å². The molecule has 0 radical (unpaired) electrons.